The summed E-state index contributed by atoms with van der Waals surface area (Å²) in [6.07, 6.45) is 1.31. The van der Waals surface area contributed by atoms with E-state index in [0.29, 0.717) is 30.1 Å². The average molecular weight is 385 g/mol. The second kappa shape index (κ2) is 8.51. The van der Waals surface area contributed by atoms with E-state index in [1.807, 2.05) is 0 Å². The molecule has 28 heavy (non-hydrogen) atoms. The summed E-state index contributed by atoms with van der Waals surface area (Å²) in [4.78, 5) is 37.7. The van der Waals surface area contributed by atoms with Crippen LogP contribution in [0.3, 0.4) is 0 Å². The van der Waals surface area contributed by atoms with E-state index in [2.05, 4.69) is 10.6 Å². The van der Waals surface area contributed by atoms with Crippen LogP contribution in [-0.4, -0.2) is 37.9 Å². The highest BCUT2D eigenvalue weighted by atomic mass is 19.1. The number of rotatable bonds is 6. The number of hydrogen-bond acceptors (Lipinski definition) is 4. The average Bonchev–Trinajstić information content (AvgIpc) is 3.12. The van der Waals surface area contributed by atoms with Crippen LogP contribution in [0.25, 0.3) is 0 Å². The quantitative estimate of drug-likeness (QED) is 0.799. The third-order valence-corrected chi connectivity index (χ3v) is 4.34. The highest BCUT2D eigenvalue weighted by Crippen LogP contribution is 2.33. The number of carbonyl (C=O) groups excluding carboxylic acids is 3. The van der Waals surface area contributed by atoms with Crippen molar-refractivity contribution in [2.24, 2.45) is 0 Å². The van der Waals surface area contributed by atoms with Gasteiger partial charge in [-0.15, -0.1) is 0 Å². The Bertz CT molecular complexity index is 899. The van der Waals surface area contributed by atoms with Crippen molar-refractivity contribution in [1.82, 2.24) is 5.32 Å². The minimum Gasteiger partial charge on any atom is -0.494 e. The second-order valence-corrected chi connectivity index (χ2v) is 6.27. The highest BCUT2D eigenvalue weighted by molar-refractivity contribution is 6.00. The SMILES string of the molecule is COc1cc(NC(=O)CNC(=O)c2ccc(F)cc2)ccc1N1CCCC1=O. The lowest BCUT2D eigenvalue weighted by molar-refractivity contribution is -0.117. The number of amides is 3. The lowest BCUT2D eigenvalue weighted by Crippen LogP contribution is -2.32. The fraction of sp³-hybridized carbons (Fsp3) is 0.250. The van der Waals surface area contributed by atoms with Crippen molar-refractivity contribution in [3.8, 4) is 5.75 Å². The van der Waals surface area contributed by atoms with Gasteiger partial charge in [0.15, 0.2) is 0 Å². The first kappa shape index (κ1) is 19.3. The van der Waals surface area contributed by atoms with Gasteiger partial charge in [0.25, 0.3) is 5.91 Å². The number of hydrogen-bond donors (Lipinski definition) is 2. The van der Waals surface area contributed by atoms with Gasteiger partial charge in [-0.3, -0.25) is 14.4 Å². The summed E-state index contributed by atoms with van der Waals surface area (Å²) in [5.41, 5.74) is 1.40. The summed E-state index contributed by atoms with van der Waals surface area (Å²) in [5.74, 6) is -0.831. The molecule has 1 fully saturated rings. The Kier molecular flexibility index (Phi) is 5.88. The van der Waals surface area contributed by atoms with E-state index in [-0.39, 0.29) is 18.0 Å². The van der Waals surface area contributed by atoms with Gasteiger partial charge in [-0.1, -0.05) is 0 Å². The summed E-state index contributed by atoms with van der Waals surface area (Å²) < 4.78 is 18.2. The van der Waals surface area contributed by atoms with Crippen LogP contribution in [0.2, 0.25) is 0 Å². The smallest absolute Gasteiger partial charge is 0.251 e. The topological polar surface area (TPSA) is 87.7 Å². The van der Waals surface area contributed by atoms with Crippen molar-refractivity contribution in [1.29, 1.82) is 0 Å². The number of halogens is 1. The van der Waals surface area contributed by atoms with E-state index in [0.717, 1.165) is 6.42 Å². The van der Waals surface area contributed by atoms with Gasteiger partial charge in [0.1, 0.15) is 11.6 Å². The molecule has 2 aromatic carbocycles. The van der Waals surface area contributed by atoms with Gasteiger partial charge in [0.05, 0.1) is 19.3 Å². The molecule has 0 radical (unpaired) electrons. The monoisotopic (exact) mass is 385 g/mol. The first-order valence-electron chi connectivity index (χ1n) is 8.80. The van der Waals surface area contributed by atoms with Gasteiger partial charge in [-0.25, -0.2) is 4.39 Å². The van der Waals surface area contributed by atoms with Crippen molar-refractivity contribution in [3.63, 3.8) is 0 Å². The summed E-state index contributed by atoms with van der Waals surface area (Å²) >= 11 is 0. The Morgan fingerprint density at radius 2 is 1.93 bits per heavy atom. The molecular formula is C20H20FN3O4. The fourth-order valence-electron chi connectivity index (χ4n) is 2.95. The van der Waals surface area contributed by atoms with Crippen LogP contribution in [0, 0.1) is 5.82 Å². The molecular weight excluding hydrogens is 365 g/mol. The van der Waals surface area contributed by atoms with Crippen LogP contribution in [0.5, 0.6) is 5.75 Å². The fourth-order valence-corrected chi connectivity index (χ4v) is 2.95. The molecule has 146 valence electrons. The third kappa shape index (κ3) is 4.46. The van der Waals surface area contributed by atoms with Gasteiger partial charge in [-0.2, -0.15) is 0 Å². The Morgan fingerprint density at radius 3 is 2.57 bits per heavy atom. The minimum atomic E-state index is -0.476. The molecule has 1 aliphatic heterocycles. The molecule has 3 amide bonds. The van der Waals surface area contributed by atoms with E-state index in [1.165, 1.54) is 31.4 Å². The van der Waals surface area contributed by atoms with Crippen molar-refractivity contribution in [2.75, 3.05) is 30.4 Å². The zero-order valence-electron chi connectivity index (χ0n) is 15.3. The molecule has 0 aliphatic carbocycles. The second-order valence-electron chi connectivity index (χ2n) is 6.27. The molecule has 0 atom stereocenters. The number of nitrogens with zero attached hydrogens (tertiary/aromatic N) is 1. The molecule has 1 saturated heterocycles. The Labute approximate surface area is 161 Å². The van der Waals surface area contributed by atoms with Gasteiger partial charge in [0.2, 0.25) is 11.8 Å². The number of benzene rings is 2. The van der Waals surface area contributed by atoms with E-state index < -0.39 is 17.6 Å². The van der Waals surface area contributed by atoms with Gasteiger partial charge in [-0.05, 0) is 42.8 Å². The van der Waals surface area contributed by atoms with Crippen LogP contribution in [-0.2, 0) is 9.59 Å². The number of methoxy groups -OCH3 is 1. The zero-order valence-corrected chi connectivity index (χ0v) is 15.3. The number of ether oxygens (including phenoxy) is 1. The van der Waals surface area contributed by atoms with Crippen molar-refractivity contribution >= 4 is 29.1 Å². The summed E-state index contributed by atoms with van der Waals surface area (Å²) in [6, 6.07) is 10.0. The lowest BCUT2D eigenvalue weighted by atomic mass is 10.2. The van der Waals surface area contributed by atoms with Crippen LogP contribution in [0.1, 0.15) is 23.2 Å². The maximum absolute atomic E-state index is 12.9. The minimum absolute atomic E-state index is 0.0404. The van der Waals surface area contributed by atoms with Gasteiger partial charge in [0, 0.05) is 30.3 Å². The first-order valence-corrected chi connectivity index (χ1v) is 8.80. The third-order valence-electron chi connectivity index (χ3n) is 4.34. The number of anilines is 2. The van der Waals surface area contributed by atoms with Crippen LogP contribution < -0.4 is 20.3 Å². The summed E-state index contributed by atoms with van der Waals surface area (Å²) in [7, 11) is 1.49. The Morgan fingerprint density at radius 1 is 1.18 bits per heavy atom. The molecule has 0 bridgehead atoms. The molecule has 0 saturated carbocycles. The van der Waals surface area contributed by atoms with E-state index in [4.69, 9.17) is 4.74 Å². The largest absolute Gasteiger partial charge is 0.494 e. The summed E-state index contributed by atoms with van der Waals surface area (Å²) in [5, 5.41) is 5.14. The van der Waals surface area contributed by atoms with E-state index in [9.17, 15) is 18.8 Å². The molecule has 7 nitrogen and oxygen atoms in total. The predicted molar refractivity (Wildman–Crippen MR) is 102 cm³/mol. The maximum Gasteiger partial charge on any atom is 0.251 e. The molecule has 2 N–H and O–H groups in total. The van der Waals surface area contributed by atoms with E-state index in [1.54, 1.807) is 23.1 Å². The first-order chi connectivity index (χ1) is 13.5. The van der Waals surface area contributed by atoms with Crippen LogP contribution in [0.4, 0.5) is 15.8 Å². The maximum atomic E-state index is 12.9. The summed E-state index contributed by atoms with van der Waals surface area (Å²) in [6.45, 7) is 0.390. The van der Waals surface area contributed by atoms with Crippen LogP contribution >= 0.6 is 0 Å². The molecule has 2 aromatic rings. The van der Waals surface area contributed by atoms with Gasteiger partial charge >= 0.3 is 0 Å². The van der Waals surface area contributed by atoms with E-state index >= 15 is 0 Å². The molecule has 0 spiro atoms. The number of nitrogens with one attached hydrogen (secondary N) is 2. The van der Waals surface area contributed by atoms with Crippen LogP contribution in [0.15, 0.2) is 42.5 Å². The number of carbonyl (C=O) groups is 3. The standard InChI is InChI=1S/C20H20FN3O4/c1-28-17-11-15(8-9-16(17)24-10-2-3-19(24)26)23-18(25)12-22-20(27)13-4-6-14(21)7-5-13/h4-9,11H,2-3,10,12H2,1H3,(H,22,27)(H,23,25). The van der Waals surface area contributed by atoms with Crippen molar-refractivity contribution < 1.29 is 23.5 Å². The molecule has 8 heteroatoms. The van der Waals surface area contributed by atoms with Crippen molar-refractivity contribution in [2.45, 2.75) is 12.8 Å². The van der Waals surface area contributed by atoms with Crippen molar-refractivity contribution in [3.05, 3.63) is 53.8 Å². The molecule has 1 heterocycles. The normalized spacial score (nSPS) is 13.4. The lowest BCUT2D eigenvalue weighted by Gasteiger charge is -2.19. The Hall–Kier alpha value is -3.42. The zero-order chi connectivity index (χ0) is 20.1. The Balaban J connectivity index is 1.60. The molecule has 0 aromatic heterocycles. The molecule has 3 rings (SSSR count). The van der Waals surface area contributed by atoms with Gasteiger partial charge < -0.3 is 20.3 Å². The predicted octanol–water partition coefficient (Wildman–Crippen LogP) is 2.33. The molecule has 1 aliphatic rings. The molecule has 0 unspecified atom stereocenters. The highest BCUT2D eigenvalue weighted by Gasteiger charge is 2.24.